The smallest absolute Gasteiger partial charge is 0.327 e. The molecule has 2 N–H and O–H groups in total. The summed E-state index contributed by atoms with van der Waals surface area (Å²) >= 11 is 0. The molecular weight excluding hydrogens is 246 g/mol. The second-order valence-electron chi connectivity index (χ2n) is 4.89. The predicted octanol–water partition coefficient (Wildman–Crippen LogP) is 3.76. The van der Waals surface area contributed by atoms with Gasteiger partial charge in [-0.2, -0.15) is 13.2 Å². The molecule has 0 spiro atoms. The fraction of sp³-hybridized carbons (Fsp3) is 0.538. The highest BCUT2D eigenvalue weighted by molar-refractivity contribution is 5.31. The molecule has 5 heteroatoms. The third kappa shape index (κ3) is 4.29. The summed E-state index contributed by atoms with van der Waals surface area (Å²) in [5.74, 6) is -0.571. The third-order valence-electron chi connectivity index (χ3n) is 2.63. The largest absolute Gasteiger partial charge is 0.416 e. The van der Waals surface area contributed by atoms with Gasteiger partial charge in [0.25, 0.3) is 0 Å². The molecule has 0 aliphatic carbocycles. The first-order valence-corrected chi connectivity index (χ1v) is 5.81. The average molecular weight is 263 g/mol. The maximum atomic E-state index is 12.9. The monoisotopic (exact) mass is 263 g/mol. The second-order valence-corrected chi connectivity index (χ2v) is 4.89. The second kappa shape index (κ2) is 5.69. The summed E-state index contributed by atoms with van der Waals surface area (Å²) in [6.45, 7) is 3.91. The summed E-state index contributed by atoms with van der Waals surface area (Å²) in [5, 5.41) is 0. The molecule has 0 aromatic heterocycles. The number of alkyl halides is 3. The Kier molecular flexibility index (Phi) is 4.73. The number of rotatable bonds is 4. The third-order valence-corrected chi connectivity index (χ3v) is 2.63. The van der Waals surface area contributed by atoms with Gasteiger partial charge in [0, 0.05) is 6.04 Å². The van der Waals surface area contributed by atoms with Gasteiger partial charge in [-0.05, 0) is 36.5 Å². The fourth-order valence-corrected chi connectivity index (χ4v) is 1.96. The van der Waals surface area contributed by atoms with Crippen molar-refractivity contribution in [1.29, 1.82) is 0 Å². The number of hydrogen-bond acceptors (Lipinski definition) is 1. The number of hydrogen-bond donors (Lipinski definition) is 1. The lowest BCUT2D eigenvalue weighted by Gasteiger charge is -2.18. The first kappa shape index (κ1) is 15.0. The van der Waals surface area contributed by atoms with Crippen molar-refractivity contribution in [2.24, 2.45) is 11.7 Å². The van der Waals surface area contributed by atoms with E-state index in [4.69, 9.17) is 5.73 Å². The minimum Gasteiger partial charge on any atom is -0.327 e. The molecular formula is C13H17F4N. The van der Waals surface area contributed by atoms with E-state index in [0.717, 1.165) is 6.07 Å². The van der Waals surface area contributed by atoms with Crippen molar-refractivity contribution in [3.05, 3.63) is 35.1 Å². The Morgan fingerprint density at radius 3 is 2.33 bits per heavy atom. The summed E-state index contributed by atoms with van der Waals surface area (Å²) in [5.41, 5.74) is 4.92. The first-order chi connectivity index (χ1) is 8.20. The molecule has 0 radical (unpaired) electrons. The van der Waals surface area contributed by atoms with Gasteiger partial charge >= 0.3 is 6.18 Å². The van der Waals surface area contributed by atoms with E-state index in [1.807, 2.05) is 13.8 Å². The summed E-state index contributed by atoms with van der Waals surface area (Å²) in [6, 6.07) is 2.37. The van der Waals surface area contributed by atoms with E-state index in [-0.39, 0.29) is 18.0 Å². The molecule has 0 saturated heterocycles. The maximum absolute atomic E-state index is 12.9. The van der Waals surface area contributed by atoms with Crippen LogP contribution in [0.4, 0.5) is 17.6 Å². The highest BCUT2D eigenvalue weighted by atomic mass is 19.4. The van der Waals surface area contributed by atoms with E-state index >= 15 is 0 Å². The van der Waals surface area contributed by atoms with Gasteiger partial charge in [0.15, 0.2) is 0 Å². The summed E-state index contributed by atoms with van der Waals surface area (Å²) in [4.78, 5) is 0. The van der Waals surface area contributed by atoms with Crippen LogP contribution in [0.15, 0.2) is 18.2 Å². The van der Waals surface area contributed by atoms with Gasteiger partial charge in [-0.15, -0.1) is 0 Å². The molecule has 18 heavy (non-hydrogen) atoms. The lowest BCUT2D eigenvalue weighted by atomic mass is 9.95. The van der Waals surface area contributed by atoms with Crippen LogP contribution < -0.4 is 5.73 Å². The van der Waals surface area contributed by atoms with Crippen LogP contribution in [0.25, 0.3) is 0 Å². The minimum atomic E-state index is -4.55. The molecule has 0 bridgehead atoms. The van der Waals surface area contributed by atoms with Crippen molar-refractivity contribution in [3.63, 3.8) is 0 Å². The van der Waals surface area contributed by atoms with Crippen LogP contribution in [-0.2, 0) is 12.6 Å². The molecule has 1 atom stereocenters. The van der Waals surface area contributed by atoms with Crippen LogP contribution in [0.2, 0.25) is 0 Å². The van der Waals surface area contributed by atoms with Crippen LogP contribution in [0.1, 0.15) is 31.4 Å². The highest BCUT2D eigenvalue weighted by Crippen LogP contribution is 2.33. The number of nitrogens with two attached hydrogens (primary N) is 1. The summed E-state index contributed by atoms with van der Waals surface area (Å²) < 4.78 is 51.1. The lowest BCUT2D eigenvalue weighted by Crippen LogP contribution is -2.26. The van der Waals surface area contributed by atoms with E-state index in [1.165, 1.54) is 6.07 Å². The number of halogens is 4. The van der Waals surface area contributed by atoms with E-state index in [0.29, 0.717) is 18.4 Å². The zero-order chi connectivity index (χ0) is 13.9. The van der Waals surface area contributed by atoms with E-state index in [9.17, 15) is 17.6 Å². The Balaban J connectivity index is 2.95. The summed E-state index contributed by atoms with van der Waals surface area (Å²) in [6.07, 6.45) is -3.81. The molecule has 1 aromatic carbocycles. The molecule has 0 amide bonds. The Labute approximate surface area is 104 Å². The van der Waals surface area contributed by atoms with Crippen molar-refractivity contribution in [2.45, 2.75) is 38.9 Å². The Hall–Kier alpha value is -1.10. The zero-order valence-electron chi connectivity index (χ0n) is 10.4. The van der Waals surface area contributed by atoms with Crippen molar-refractivity contribution in [2.75, 3.05) is 0 Å². The Bertz CT molecular complexity index is 398. The van der Waals surface area contributed by atoms with Gasteiger partial charge in [-0.1, -0.05) is 19.9 Å². The normalized spacial score (nSPS) is 14.0. The van der Waals surface area contributed by atoms with Crippen LogP contribution >= 0.6 is 0 Å². The van der Waals surface area contributed by atoms with Gasteiger partial charge in [0.1, 0.15) is 5.82 Å². The Morgan fingerprint density at radius 1 is 1.22 bits per heavy atom. The van der Waals surface area contributed by atoms with E-state index in [2.05, 4.69) is 0 Å². The molecule has 0 aliphatic rings. The topological polar surface area (TPSA) is 26.0 Å². The van der Waals surface area contributed by atoms with Gasteiger partial charge < -0.3 is 5.73 Å². The van der Waals surface area contributed by atoms with Crippen molar-refractivity contribution in [3.8, 4) is 0 Å². The average Bonchev–Trinajstić information content (AvgIpc) is 2.17. The van der Waals surface area contributed by atoms with Crippen LogP contribution in [-0.4, -0.2) is 6.04 Å². The fourth-order valence-electron chi connectivity index (χ4n) is 1.96. The van der Waals surface area contributed by atoms with Gasteiger partial charge in [-0.25, -0.2) is 4.39 Å². The Morgan fingerprint density at radius 2 is 1.83 bits per heavy atom. The first-order valence-electron chi connectivity index (χ1n) is 5.81. The number of benzene rings is 1. The quantitative estimate of drug-likeness (QED) is 0.822. The van der Waals surface area contributed by atoms with Crippen LogP contribution in [0, 0.1) is 11.7 Å². The summed E-state index contributed by atoms with van der Waals surface area (Å²) in [7, 11) is 0. The van der Waals surface area contributed by atoms with Crippen LogP contribution in [0.3, 0.4) is 0 Å². The molecule has 0 aliphatic heterocycles. The van der Waals surface area contributed by atoms with Crippen molar-refractivity contribution < 1.29 is 17.6 Å². The maximum Gasteiger partial charge on any atom is 0.416 e. The predicted molar refractivity (Wildman–Crippen MR) is 62.5 cm³/mol. The SMILES string of the molecule is CC(C)CC(N)Cc1ccc(F)cc1C(F)(F)F. The lowest BCUT2D eigenvalue weighted by molar-refractivity contribution is -0.138. The van der Waals surface area contributed by atoms with Gasteiger partial charge in [0.05, 0.1) is 5.56 Å². The zero-order valence-corrected chi connectivity index (χ0v) is 10.4. The molecule has 1 aromatic rings. The van der Waals surface area contributed by atoms with Crippen LogP contribution in [0.5, 0.6) is 0 Å². The standard InChI is InChI=1S/C13H17F4N/c1-8(2)5-11(18)6-9-3-4-10(14)7-12(9)13(15,16)17/h3-4,7-8,11H,5-6,18H2,1-2H3. The highest BCUT2D eigenvalue weighted by Gasteiger charge is 2.33. The van der Waals surface area contributed by atoms with E-state index in [1.54, 1.807) is 0 Å². The molecule has 0 saturated carbocycles. The molecule has 1 nitrogen and oxygen atoms in total. The van der Waals surface area contributed by atoms with Crippen molar-refractivity contribution in [1.82, 2.24) is 0 Å². The molecule has 1 rings (SSSR count). The van der Waals surface area contributed by atoms with E-state index < -0.39 is 17.6 Å². The van der Waals surface area contributed by atoms with Gasteiger partial charge in [0.2, 0.25) is 0 Å². The molecule has 0 fully saturated rings. The molecule has 1 unspecified atom stereocenters. The van der Waals surface area contributed by atoms with Crippen molar-refractivity contribution >= 4 is 0 Å². The van der Waals surface area contributed by atoms with Gasteiger partial charge in [-0.3, -0.25) is 0 Å². The molecule has 102 valence electrons. The molecule has 0 heterocycles. The minimum absolute atomic E-state index is 0.0528.